The standard InChI is InChI=1S/C45H80N6O5/c1-3-38-24-16-17-28-44(56-38)35-37-26-27-39-41(45(29-21-23-36(2)55-45)49-43(48-44)51(37)39)42(53)54-34-20-14-12-10-8-6-4-5-7-9-11-13-15-25-40(52)50(33-22-31-47)32-19-18-30-46/h16,24,36-39,41H,3-15,17-23,25-35,46-47H2,1-2H3,(H,48,49)/p+1/t36-,37+,38+,39-,41-,44+,45-/m1/s1. The highest BCUT2D eigenvalue weighted by molar-refractivity contribution is 5.82. The predicted octanol–water partition coefficient (Wildman–Crippen LogP) is 7.15. The van der Waals surface area contributed by atoms with Crippen molar-refractivity contribution in [1.29, 1.82) is 0 Å². The van der Waals surface area contributed by atoms with E-state index in [0.29, 0.717) is 32.2 Å². The number of nitrogens with two attached hydrogens (primary N) is 2. The van der Waals surface area contributed by atoms with E-state index in [9.17, 15) is 9.59 Å². The number of hydrogen-bond acceptors (Lipinski definition) is 9. The molecule has 1 amide bonds. The van der Waals surface area contributed by atoms with Gasteiger partial charge in [0.05, 0.1) is 30.9 Å². The molecule has 6 N–H and O–H groups in total. The zero-order chi connectivity index (χ0) is 39.6. The monoisotopic (exact) mass is 786 g/mol. The van der Waals surface area contributed by atoms with Gasteiger partial charge in [-0.05, 0) is 90.6 Å². The highest BCUT2D eigenvalue weighted by Gasteiger charge is 2.64. The summed E-state index contributed by atoms with van der Waals surface area (Å²) in [6.45, 7) is 7.72. The second kappa shape index (κ2) is 23.4. The topological polar surface area (TPSA) is 144 Å². The minimum atomic E-state index is -0.753. The van der Waals surface area contributed by atoms with E-state index in [2.05, 4.69) is 41.2 Å². The molecule has 0 aromatic heterocycles. The molecular weight excluding hydrogens is 705 g/mol. The summed E-state index contributed by atoms with van der Waals surface area (Å²) in [5.41, 5.74) is 10.1. The minimum absolute atomic E-state index is 0.0697. The van der Waals surface area contributed by atoms with Gasteiger partial charge in [-0.3, -0.25) is 14.2 Å². The Kier molecular flexibility index (Phi) is 18.8. The first-order valence-corrected chi connectivity index (χ1v) is 23.4. The van der Waals surface area contributed by atoms with E-state index in [1.165, 1.54) is 57.8 Å². The second-order valence-electron chi connectivity index (χ2n) is 17.8. The normalized spacial score (nSPS) is 29.5. The van der Waals surface area contributed by atoms with Crippen molar-refractivity contribution in [2.75, 3.05) is 32.8 Å². The lowest BCUT2D eigenvalue weighted by molar-refractivity contribution is -0.609. The molecule has 320 valence electrons. The summed E-state index contributed by atoms with van der Waals surface area (Å²) in [6.07, 6.45) is 32.5. The number of guanidine groups is 1. The summed E-state index contributed by atoms with van der Waals surface area (Å²) in [5, 5.41) is 7.68. The summed E-state index contributed by atoms with van der Waals surface area (Å²) >= 11 is 0. The fourth-order valence-electron chi connectivity index (χ4n) is 10.2. The Bertz CT molecular complexity index is 1260. The lowest BCUT2D eigenvalue weighted by Crippen LogP contribution is -2.76. The Morgan fingerprint density at radius 2 is 1.52 bits per heavy atom. The van der Waals surface area contributed by atoms with E-state index in [-0.39, 0.29) is 36.0 Å². The van der Waals surface area contributed by atoms with Gasteiger partial charge in [-0.1, -0.05) is 89.7 Å². The number of ether oxygens (including phenoxy) is 3. The van der Waals surface area contributed by atoms with Crippen LogP contribution in [0.2, 0.25) is 0 Å². The van der Waals surface area contributed by atoms with Crippen LogP contribution >= 0.6 is 0 Å². The maximum Gasteiger partial charge on any atom is 0.350 e. The molecule has 2 saturated heterocycles. The molecule has 0 aromatic rings. The molecule has 5 rings (SSSR count). The molecule has 0 aromatic carbocycles. The number of allylic oxidation sites excluding steroid dienone is 1. The first kappa shape index (κ1) is 44.9. The van der Waals surface area contributed by atoms with Gasteiger partial charge in [-0.15, -0.1) is 0 Å². The molecule has 0 bridgehead atoms. The van der Waals surface area contributed by atoms with Crippen LogP contribution in [0.3, 0.4) is 0 Å². The van der Waals surface area contributed by atoms with E-state index < -0.39 is 11.4 Å². The minimum Gasteiger partial charge on any atom is -0.465 e. The third-order valence-corrected chi connectivity index (χ3v) is 13.2. The van der Waals surface area contributed by atoms with Crippen LogP contribution in [0.25, 0.3) is 0 Å². The van der Waals surface area contributed by atoms with Crippen molar-refractivity contribution in [2.45, 2.75) is 217 Å². The van der Waals surface area contributed by atoms with E-state index in [4.69, 9.17) is 25.7 Å². The van der Waals surface area contributed by atoms with Crippen LogP contribution in [0.1, 0.15) is 181 Å². The summed E-state index contributed by atoms with van der Waals surface area (Å²) in [6, 6.07) is 0.405. The molecule has 5 aliphatic heterocycles. The maximum absolute atomic E-state index is 14.1. The van der Waals surface area contributed by atoms with Crippen molar-refractivity contribution in [2.24, 2.45) is 17.4 Å². The molecular formula is C45H81N6O5+. The molecule has 0 radical (unpaired) electrons. The summed E-state index contributed by atoms with van der Waals surface area (Å²) in [4.78, 5) is 28.7. The van der Waals surface area contributed by atoms with Gasteiger partial charge in [0, 0.05) is 38.8 Å². The van der Waals surface area contributed by atoms with Gasteiger partial charge in [-0.25, -0.2) is 10.6 Å². The van der Waals surface area contributed by atoms with Gasteiger partial charge in [0.25, 0.3) is 0 Å². The fraction of sp³-hybridized carbons (Fsp3) is 0.889. The van der Waals surface area contributed by atoms with Crippen LogP contribution in [0.15, 0.2) is 12.2 Å². The number of unbranched alkanes of at least 4 members (excludes halogenated alkanes) is 13. The van der Waals surface area contributed by atoms with Gasteiger partial charge in [0.15, 0.2) is 11.6 Å². The molecule has 2 fully saturated rings. The molecule has 11 heteroatoms. The van der Waals surface area contributed by atoms with Gasteiger partial charge in [0.2, 0.25) is 11.6 Å². The Morgan fingerprint density at radius 1 is 0.839 bits per heavy atom. The SMILES string of the molecule is CC[C@H]1C=CCC[C@@]2(C[C@@H]3CC[C@@H]4[C@H](C(=O)OCCCCCCCCCCCCCCCC(=O)N(CCCN)CCCCN)[C@]5(CCC[C@@H](C)O5)NC(=[N+]34)N2)O1. The van der Waals surface area contributed by atoms with Gasteiger partial charge < -0.3 is 30.6 Å². The summed E-state index contributed by atoms with van der Waals surface area (Å²) < 4.78 is 22.2. The second-order valence-corrected chi connectivity index (χ2v) is 17.8. The molecule has 56 heavy (non-hydrogen) atoms. The van der Waals surface area contributed by atoms with Crippen molar-refractivity contribution in [3.8, 4) is 0 Å². The molecule has 5 aliphatic rings. The first-order chi connectivity index (χ1) is 27.3. The highest BCUT2D eigenvalue weighted by Crippen LogP contribution is 2.45. The Balaban J connectivity index is 0.944. The number of hydrogen-bond donors (Lipinski definition) is 4. The van der Waals surface area contributed by atoms with Crippen LogP contribution in [-0.2, 0) is 23.8 Å². The fourth-order valence-corrected chi connectivity index (χ4v) is 10.2. The number of amides is 1. The third-order valence-electron chi connectivity index (χ3n) is 13.2. The molecule has 7 atom stereocenters. The molecule has 0 saturated carbocycles. The van der Waals surface area contributed by atoms with Crippen molar-refractivity contribution in [1.82, 2.24) is 15.5 Å². The predicted molar refractivity (Wildman–Crippen MR) is 224 cm³/mol. The van der Waals surface area contributed by atoms with E-state index >= 15 is 0 Å². The Hall–Kier alpha value is -2.21. The van der Waals surface area contributed by atoms with E-state index in [1.807, 2.05) is 4.90 Å². The molecule has 2 spiro atoms. The zero-order valence-electron chi connectivity index (χ0n) is 35.6. The summed E-state index contributed by atoms with van der Waals surface area (Å²) in [5.74, 6) is 0.839. The van der Waals surface area contributed by atoms with Crippen LogP contribution in [0.4, 0.5) is 0 Å². The number of rotatable bonds is 25. The Morgan fingerprint density at radius 3 is 2.20 bits per heavy atom. The number of carbonyl (C=O) groups excluding carboxylic acids is 2. The average Bonchev–Trinajstić information content (AvgIpc) is 3.49. The van der Waals surface area contributed by atoms with E-state index in [1.54, 1.807) is 0 Å². The van der Waals surface area contributed by atoms with Crippen LogP contribution < -0.4 is 22.1 Å². The molecule has 11 nitrogen and oxygen atoms in total. The van der Waals surface area contributed by atoms with Crippen molar-refractivity contribution < 1.29 is 28.4 Å². The number of esters is 1. The van der Waals surface area contributed by atoms with Gasteiger partial charge in [-0.2, -0.15) is 0 Å². The Labute approximate surface area is 339 Å². The van der Waals surface area contributed by atoms with Crippen molar-refractivity contribution in [3.05, 3.63) is 12.2 Å². The van der Waals surface area contributed by atoms with Gasteiger partial charge in [0.1, 0.15) is 0 Å². The molecule has 0 aliphatic carbocycles. The average molecular weight is 786 g/mol. The van der Waals surface area contributed by atoms with Gasteiger partial charge >= 0.3 is 11.9 Å². The number of nitrogens with zero attached hydrogens (tertiary/aromatic N) is 2. The maximum atomic E-state index is 14.1. The number of carbonyl (C=O) groups is 2. The lowest BCUT2D eigenvalue weighted by atomic mass is 9.80. The smallest absolute Gasteiger partial charge is 0.350 e. The first-order valence-electron chi connectivity index (χ1n) is 23.4. The van der Waals surface area contributed by atoms with Crippen LogP contribution in [0, 0.1) is 5.92 Å². The number of nitrogens with one attached hydrogen (secondary N) is 2. The summed E-state index contributed by atoms with van der Waals surface area (Å²) in [7, 11) is 0. The largest absolute Gasteiger partial charge is 0.465 e. The molecule has 0 unspecified atom stereocenters. The quantitative estimate of drug-likeness (QED) is 0.0329. The van der Waals surface area contributed by atoms with Crippen molar-refractivity contribution in [3.63, 3.8) is 0 Å². The van der Waals surface area contributed by atoms with Crippen LogP contribution in [-0.4, -0.2) is 95.8 Å². The third kappa shape index (κ3) is 12.6. The van der Waals surface area contributed by atoms with E-state index in [0.717, 1.165) is 122 Å². The highest BCUT2D eigenvalue weighted by atomic mass is 16.6. The van der Waals surface area contributed by atoms with Crippen LogP contribution in [0.5, 0.6) is 0 Å². The lowest BCUT2D eigenvalue weighted by Gasteiger charge is -2.50. The molecule has 5 heterocycles. The zero-order valence-corrected chi connectivity index (χ0v) is 35.6. The van der Waals surface area contributed by atoms with Crippen molar-refractivity contribution >= 4 is 17.8 Å².